The van der Waals surface area contributed by atoms with Gasteiger partial charge < -0.3 is 11.5 Å². The summed E-state index contributed by atoms with van der Waals surface area (Å²) in [5, 5.41) is 7.74. The van der Waals surface area contributed by atoms with Gasteiger partial charge in [-0.05, 0) is 36.7 Å². The van der Waals surface area contributed by atoms with Crippen molar-refractivity contribution in [2.45, 2.75) is 29.1 Å². The first-order chi connectivity index (χ1) is 8.65. The van der Waals surface area contributed by atoms with Gasteiger partial charge in [0.05, 0.1) is 5.69 Å². The van der Waals surface area contributed by atoms with Gasteiger partial charge in [-0.25, -0.2) is 14.9 Å². The van der Waals surface area contributed by atoms with Crippen molar-refractivity contribution in [2.24, 2.45) is 0 Å². The molecule has 0 aliphatic heterocycles. The van der Waals surface area contributed by atoms with Crippen molar-refractivity contribution in [3.05, 3.63) is 22.6 Å². The standard InChI is InChI=1S/C10H12N6OS/c11-6-3-4-7(13-8(6)12)18-10-15-14-9(17)16(10)5-1-2-5/h3-5H,1-2,11H2,(H2,12,13)(H,14,17). The normalized spacial score (nSPS) is 14.9. The zero-order valence-electron chi connectivity index (χ0n) is 9.46. The van der Waals surface area contributed by atoms with Gasteiger partial charge in [-0.1, -0.05) is 0 Å². The molecule has 0 unspecified atom stereocenters. The summed E-state index contributed by atoms with van der Waals surface area (Å²) in [5.41, 5.74) is 11.5. The summed E-state index contributed by atoms with van der Waals surface area (Å²) < 4.78 is 1.67. The summed E-state index contributed by atoms with van der Waals surface area (Å²) in [6, 6.07) is 3.72. The van der Waals surface area contributed by atoms with Gasteiger partial charge >= 0.3 is 5.69 Å². The molecule has 94 valence electrons. The van der Waals surface area contributed by atoms with Crippen molar-refractivity contribution < 1.29 is 0 Å². The Kier molecular flexibility index (Phi) is 2.51. The number of H-pyrrole nitrogens is 1. The van der Waals surface area contributed by atoms with Gasteiger partial charge in [0.2, 0.25) is 0 Å². The van der Waals surface area contributed by atoms with E-state index in [1.807, 2.05) is 0 Å². The molecule has 1 fully saturated rings. The highest BCUT2D eigenvalue weighted by molar-refractivity contribution is 7.99. The number of nitrogens with one attached hydrogen (secondary N) is 1. The van der Waals surface area contributed by atoms with Crippen LogP contribution in [0.15, 0.2) is 27.1 Å². The molecule has 0 amide bonds. The van der Waals surface area contributed by atoms with Crippen molar-refractivity contribution in [3.8, 4) is 0 Å². The Hall–Kier alpha value is -1.96. The fraction of sp³-hybridized carbons (Fsp3) is 0.300. The van der Waals surface area contributed by atoms with Crippen LogP contribution in [0.3, 0.4) is 0 Å². The molecule has 0 atom stereocenters. The molecule has 1 saturated carbocycles. The van der Waals surface area contributed by atoms with E-state index in [9.17, 15) is 4.79 Å². The van der Waals surface area contributed by atoms with E-state index in [1.54, 1.807) is 16.7 Å². The Balaban J connectivity index is 1.92. The minimum Gasteiger partial charge on any atom is -0.396 e. The lowest BCUT2D eigenvalue weighted by Crippen LogP contribution is -2.16. The van der Waals surface area contributed by atoms with E-state index in [1.165, 1.54) is 11.8 Å². The van der Waals surface area contributed by atoms with Crippen molar-refractivity contribution >= 4 is 23.3 Å². The molecule has 18 heavy (non-hydrogen) atoms. The Morgan fingerprint density at radius 2 is 2.17 bits per heavy atom. The summed E-state index contributed by atoms with van der Waals surface area (Å²) in [6.07, 6.45) is 2.04. The topological polar surface area (TPSA) is 116 Å². The van der Waals surface area contributed by atoms with Gasteiger partial charge in [0.1, 0.15) is 10.8 Å². The van der Waals surface area contributed by atoms with Crippen LogP contribution in [0, 0.1) is 0 Å². The minimum absolute atomic E-state index is 0.177. The highest BCUT2D eigenvalue weighted by Crippen LogP contribution is 2.37. The molecule has 3 rings (SSSR count). The molecular formula is C10H12N6OS. The van der Waals surface area contributed by atoms with E-state index in [0.29, 0.717) is 15.9 Å². The van der Waals surface area contributed by atoms with Gasteiger partial charge in [-0.15, -0.1) is 5.10 Å². The van der Waals surface area contributed by atoms with E-state index in [4.69, 9.17) is 11.5 Å². The molecule has 1 aliphatic rings. The number of anilines is 2. The van der Waals surface area contributed by atoms with Crippen LogP contribution in [0.25, 0.3) is 0 Å². The van der Waals surface area contributed by atoms with Crippen LogP contribution in [-0.2, 0) is 0 Å². The zero-order valence-corrected chi connectivity index (χ0v) is 10.3. The summed E-state index contributed by atoms with van der Waals surface area (Å²) in [4.78, 5) is 15.7. The number of aromatic nitrogens is 4. The van der Waals surface area contributed by atoms with Gasteiger partial charge in [0, 0.05) is 6.04 Å². The van der Waals surface area contributed by atoms with Crippen LogP contribution in [0.2, 0.25) is 0 Å². The number of hydrogen-bond donors (Lipinski definition) is 3. The lowest BCUT2D eigenvalue weighted by atomic mass is 10.4. The maximum atomic E-state index is 11.6. The SMILES string of the molecule is Nc1ccc(Sc2n[nH]c(=O)n2C2CC2)nc1N. The third-order valence-corrected chi connectivity index (χ3v) is 3.62. The van der Waals surface area contributed by atoms with Crippen LogP contribution in [0.4, 0.5) is 11.5 Å². The van der Waals surface area contributed by atoms with Gasteiger partial charge in [-0.3, -0.25) is 4.57 Å². The second-order valence-corrected chi connectivity index (χ2v) is 5.13. The average Bonchev–Trinajstić information content (AvgIpc) is 3.10. The van der Waals surface area contributed by atoms with Crippen molar-refractivity contribution in [1.29, 1.82) is 0 Å². The third kappa shape index (κ3) is 1.94. The highest BCUT2D eigenvalue weighted by atomic mass is 32.2. The van der Waals surface area contributed by atoms with Crippen LogP contribution < -0.4 is 17.2 Å². The van der Waals surface area contributed by atoms with E-state index in [0.717, 1.165) is 12.8 Å². The predicted molar refractivity (Wildman–Crippen MR) is 68.3 cm³/mol. The molecule has 7 nitrogen and oxygen atoms in total. The second-order valence-electron chi connectivity index (χ2n) is 4.14. The van der Waals surface area contributed by atoms with E-state index in [2.05, 4.69) is 15.2 Å². The number of aromatic amines is 1. The predicted octanol–water partition coefficient (Wildman–Crippen LogP) is 0.617. The fourth-order valence-corrected chi connectivity index (χ4v) is 2.52. The van der Waals surface area contributed by atoms with Crippen molar-refractivity contribution in [2.75, 3.05) is 11.5 Å². The van der Waals surface area contributed by atoms with Gasteiger partial charge in [0.25, 0.3) is 0 Å². The summed E-state index contributed by atoms with van der Waals surface area (Å²) in [5.74, 6) is 0.288. The van der Waals surface area contributed by atoms with E-state index < -0.39 is 0 Å². The lowest BCUT2D eigenvalue weighted by Gasteiger charge is -2.04. The maximum absolute atomic E-state index is 11.6. The molecule has 0 bridgehead atoms. The van der Waals surface area contributed by atoms with Gasteiger partial charge in [-0.2, -0.15) is 0 Å². The monoisotopic (exact) mass is 264 g/mol. The molecule has 0 radical (unpaired) electrons. The molecular weight excluding hydrogens is 252 g/mol. The summed E-state index contributed by atoms with van der Waals surface area (Å²) >= 11 is 1.30. The fourth-order valence-electron chi connectivity index (χ4n) is 1.63. The largest absolute Gasteiger partial charge is 0.396 e. The quantitative estimate of drug-likeness (QED) is 0.748. The van der Waals surface area contributed by atoms with Crippen LogP contribution in [0.5, 0.6) is 0 Å². The molecule has 2 aromatic heterocycles. The Morgan fingerprint density at radius 3 is 2.83 bits per heavy atom. The maximum Gasteiger partial charge on any atom is 0.344 e. The molecule has 1 aliphatic carbocycles. The van der Waals surface area contributed by atoms with E-state index in [-0.39, 0.29) is 17.5 Å². The molecule has 0 saturated heterocycles. The molecule has 8 heteroatoms. The summed E-state index contributed by atoms with van der Waals surface area (Å²) in [6.45, 7) is 0. The smallest absolute Gasteiger partial charge is 0.344 e. The second kappa shape index (κ2) is 4.05. The average molecular weight is 264 g/mol. The highest BCUT2D eigenvalue weighted by Gasteiger charge is 2.28. The zero-order chi connectivity index (χ0) is 12.7. The number of rotatable bonds is 3. The number of nitrogens with zero attached hydrogens (tertiary/aromatic N) is 3. The Bertz CT molecular complexity index is 644. The van der Waals surface area contributed by atoms with Crippen LogP contribution in [0.1, 0.15) is 18.9 Å². The molecule has 2 heterocycles. The molecule has 0 aromatic carbocycles. The van der Waals surface area contributed by atoms with Gasteiger partial charge in [0.15, 0.2) is 5.16 Å². The van der Waals surface area contributed by atoms with Crippen LogP contribution in [-0.4, -0.2) is 19.7 Å². The lowest BCUT2D eigenvalue weighted by molar-refractivity contribution is 0.642. The Morgan fingerprint density at radius 1 is 1.39 bits per heavy atom. The Labute approximate surface area is 107 Å². The first-order valence-corrected chi connectivity index (χ1v) is 6.33. The number of nitrogens with two attached hydrogens (primary N) is 2. The first kappa shape index (κ1) is 11.1. The molecule has 5 N–H and O–H groups in total. The number of nitrogen functional groups attached to an aromatic ring is 2. The van der Waals surface area contributed by atoms with E-state index >= 15 is 0 Å². The minimum atomic E-state index is -0.177. The first-order valence-electron chi connectivity index (χ1n) is 5.52. The number of hydrogen-bond acceptors (Lipinski definition) is 6. The van der Waals surface area contributed by atoms with Crippen molar-refractivity contribution in [3.63, 3.8) is 0 Å². The number of pyridine rings is 1. The van der Waals surface area contributed by atoms with Crippen LogP contribution >= 0.6 is 11.8 Å². The summed E-state index contributed by atoms with van der Waals surface area (Å²) in [7, 11) is 0. The molecule has 2 aromatic rings. The molecule has 0 spiro atoms. The third-order valence-electron chi connectivity index (χ3n) is 2.71. The van der Waals surface area contributed by atoms with Crippen molar-refractivity contribution in [1.82, 2.24) is 19.7 Å².